The fraction of sp³-hybridized carbons (Fsp3) is 0.0714. The summed E-state index contributed by atoms with van der Waals surface area (Å²) in [4.78, 5) is 5.23. The molecule has 21 heavy (non-hydrogen) atoms. The van der Waals surface area contributed by atoms with Crippen molar-refractivity contribution in [2.45, 2.75) is 11.4 Å². The Hall–Kier alpha value is -1.28. The molecule has 0 fully saturated rings. The first-order valence-electron chi connectivity index (χ1n) is 6.12. The minimum atomic E-state index is -3.57. The van der Waals surface area contributed by atoms with Crippen molar-refractivity contribution in [3.05, 3.63) is 57.5 Å². The van der Waals surface area contributed by atoms with Crippen LogP contribution in [0.3, 0.4) is 0 Å². The van der Waals surface area contributed by atoms with Crippen LogP contribution >= 0.6 is 27.3 Å². The molecule has 0 aliphatic rings. The van der Waals surface area contributed by atoms with E-state index in [4.69, 9.17) is 0 Å². The average molecular weight is 383 g/mol. The molecule has 2 heterocycles. The molecule has 7 heteroatoms. The number of nitrogens with one attached hydrogen (secondary N) is 1. The number of benzene rings is 1. The van der Waals surface area contributed by atoms with Crippen molar-refractivity contribution in [1.82, 2.24) is 9.71 Å². The van der Waals surface area contributed by atoms with E-state index in [2.05, 4.69) is 25.6 Å². The van der Waals surface area contributed by atoms with Crippen molar-refractivity contribution in [3.8, 4) is 0 Å². The van der Waals surface area contributed by atoms with Crippen molar-refractivity contribution in [3.63, 3.8) is 0 Å². The molecule has 1 aromatic carbocycles. The third kappa shape index (κ3) is 3.01. The Balaban J connectivity index is 1.95. The highest BCUT2D eigenvalue weighted by atomic mass is 79.9. The Morgan fingerprint density at radius 3 is 2.86 bits per heavy atom. The summed E-state index contributed by atoms with van der Waals surface area (Å²) >= 11 is 4.90. The predicted octanol–water partition coefficient (Wildman–Crippen LogP) is 3.54. The molecule has 108 valence electrons. The van der Waals surface area contributed by atoms with Crippen LogP contribution in [0, 0.1) is 0 Å². The van der Waals surface area contributed by atoms with Crippen LogP contribution in [0.15, 0.2) is 57.5 Å². The Kier molecular flexibility index (Phi) is 4.08. The summed E-state index contributed by atoms with van der Waals surface area (Å²) in [5.41, 5.74) is 0. The van der Waals surface area contributed by atoms with Crippen LogP contribution in [0.25, 0.3) is 10.8 Å². The molecule has 0 radical (unpaired) electrons. The van der Waals surface area contributed by atoms with Crippen LogP contribution in [0.5, 0.6) is 0 Å². The summed E-state index contributed by atoms with van der Waals surface area (Å²) < 4.78 is 28.6. The highest BCUT2D eigenvalue weighted by molar-refractivity contribution is 9.10. The van der Waals surface area contributed by atoms with Gasteiger partial charge in [0.1, 0.15) is 0 Å². The van der Waals surface area contributed by atoms with Crippen LogP contribution in [0.4, 0.5) is 0 Å². The second kappa shape index (κ2) is 5.84. The van der Waals surface area contributed by atoms with E-state index in [1.165, 1.54) is 11.3 Å². The monoisotopic (exact) mass is 382 g/mol. The molecule has 0 amide bonds. The number of pyridine rings is 1. The summed E-state index contributed by atoms with van der Waals surface area (Å²) in [7, 11) is -3.57. The molecule has 2 aromatic heterocycles. The van der Waals surface area contributed by atoms with Gasteiger partial charge in [0, 0.05) is 39.1 Å². The van der Waals surface area contributed by atoms with E-state index >= 15 is 0 Å². The number of aromatic nitrogens is 1. The van der Waals surface area contributed by atoms with Gasteiger partial charge in [-0.2, -0.15) is 0 Å². The quantitative estimate of drug-likeness (QED) is 0.750. The zero-order chi connectivity index (χ0) is 14.9. The maximum absolute atomic E-state index is 12.5. The Morgan fingerprint density at radius 1 is 1.24 bits per heavy atom. The molecule has 0 bridgehead atoms. The van der Waals surface area contributed by atoms with Gasteiger partial charge in [0.15, 0.2) is 0 Å². The predicted molar refractivity (Wildman–Crippen MR) is 87.8 cm³/mol. The number of nitrogens with zero attached hydrogens (tertiary/aromatic N) is 1. The smallest absolute Gasteiger partial charge is 0.241 e. The molecule has 0 saturated heterocycles. The Morgan fingerprint density at radius 2 is 2.10 bits per heavy atom. The normalized spacial score (nSPS) is 11.9. The van der Waals surface area contributed by atoms with Gasteiger partial charge >= 0.3 is 0 Å². The maximum Gasteiger partial charge on any atom is 0.241 e. The topological polar surface area (TPSA) is 59.1 Å². The van der Waals surface area contributed by atoms with E-state index in [9.17, 15) is 8.42 Å². The first-order chi connectivity index (χ1) is 10.1. The van der Waals surface area contributed by atoms with Gasteiger partial charge in [-0.05, 0) is 39.5 Å². The van der Waals surface area contributed by atoms with Crippen molar-refractivity contribution in [2.75, 3.05) is 0 Å². The second-order valence-corrected chi connectivity index (χ2v) is 7.96. The first-order valence-corrected chi connectivity index (χ1v) is 9.28. The summed E-state index contributed by atoms with van der Waals surface area (Å²) in [6, 6.07) is 8.79. The zero-order valence-electron chi connectivity index (χ0n) is 10.8. The molecule has 0 spiro atoms. The summed E-state index contributed by atoms with van der Waals surface area (Å²) in [5.74, 6) is 0. The highest BCUT2D eigenvalue weighted by Gasteiger charge is 2.17. The fourth-order valence-corrected chi connectivity index (χ4v) is 4.76. The van der Waals surface area contributed by atoms with Crippen molar-refractivity contribution in [1.29, 1.82) is 0 Å². The second-order valence-electron chi connectivity index (χ2n) is 4.37. The minimum absolute atomic E-state index is 0.266. The number of halogens is 1. The molecular weight excluding hydrogens is 372 g/mol. The first kappa shape index (κ1) is 14.6. The van der Waals surface area contributed by atoms with Gasteiger partial charge in [-0.3, -0.25) is 4.98 Å². The molecule has 0 aliphatic carbocycles. The lowest BCUT2D eigenvalue weighted by atomic mass is 10.2. The van der Waals surface area contributed by atoms with Crippen molar-refractivity contribution >= 4 is 48.1 Å². The Bertz CT molecular complexity index is 885. The summed E-state index contributed by atoms with van der Waals surface area (Å²) in [5, 5.41) is 3.39. The zero-order valence-corrected chi connectivity index (χ0v) is 14.0. The van der Waals surface area contributed by atoms with Crippen LogP contribution in [0.1, 0.15) is 4.88 Å². The fourth-order valence-electron chi connectivity index (χ4n) is 2.02. The molecule has 1 N–H and O–H groups in total. The Labute approximate surface area is 135 Å². The van der Waals surface area contributed by atoms with Gasteiger partial charge in [0.2, 0.25) is 10.0 Å². The van der Waals surface area contributed by atoms with Gasteiger partial charge in [-0.1, -0.05) is 12.1 Å². The molecule has 3 rings (SSSR count). The number of fused-ring (bicyclic) bond motifs is 1. The lowest BCUT2D eigenvalue weighted by molar-refractivity contribution is 0.582. The van der Waals surface area contributed by atoms with Crippen molar-refractivity contribution < 1.29 is 8.42 Å². The van der Waals surface area contributed by atoms with Gasteiger partial charge in [-0.25, -0.2) is 13.1 Å². The molecule has 3 aromatic rings. The average Bonchev–Trinajstić information content (AvgIpc) is 2.90. The molecular formula is C14H11BrN2O2S2. The molecule has 0 atom stereocenters. The highest BCUT2D eigenvalue weighted by Crippen LogP contribution is 2.25. The van der Waals surface area contributed by atoms with E-state index in [0.29, 0.717) is 5.39 Å². The lowest BCUT2D eigenvalue weighted by Crippen LogP contribution is -2.23. The third-order valence-electron chi connectivity index (χ3n) is 3.04. The molecule has 0 unspecified atom stereocenters. The summed E-state index contributed by atoms with van der Waals surface area (Å²) in [6.07, 6.45) is 3.25. The number of thiophene rings is 1. The lowest BCUT2D eigenvalue weighted by Gasteiger charge is -2.09. The molecule has 4 nitrogen and oxygen atoms in total. The minimum Gasteiger partial charge on any atom is -0.264 e. The number of rotatable bonds is 4. The van der Waals surface area contributed by atoms with E-state index in [0.717, 1.165) is 14.7 Å². The van der Waals surface area contributed by atoms with Crippen LogP contribution in [-0.2, 0) is 16.6 Å². The largest absolute Gasteiger partial charge is 0.264 e. The standard InChI is InChI=1S/C14H11BrN2O2S2/c15-12-5-7-20-13(12)9-17-21(18,19)14-3-1-2-10-8-16-6-4-11(10)14/h1-8,17H,9H2. The number of hydrogen-bond acceptors (Lipinski definition) is 4. The van der Waals surface area contributed by atoms with Crippen molar-refractivity contribution in [2.24, 2.45) is 0 Å². The van der Waals surface area contributed by atoms with Gasteiger partial charge in [0.25, 0.3) is 0 Å². The van der Waals surface area contributed by atoms with Gasteiger partial charge in [0.05, 0.1) is 4.90 Å². The van der Waals surface area contributed by atoms with Crippen LogP contribution in [0.2, 0.25) is 0 Å². The van der Waals surface area contributed by atoms with E-state index < -0.39 is 10.0 Å². The third-order valence-corrected chi connectivity index (χ3v) is 6.43. The van der Waals surface area contributed by atoms with Gasteiger partial charge in [-0.15, -0.1) is 11.3 Å². The number of hydrogen-bond donors (Lipinski definition) is 1. The van der Waals surface area contributed by atoms with E-state index in [-0.39, 0.29) is 11.4 Å². The molecule has 0 aliphatic heterocycles. The van der Waals surface area contributed by atoms with Crippen LogP contribution < -0.4 is 4.72 Å². The summed E-state index contributed by atoms with van der Waals surface area (Å²) in [6.45, 7) is 0.266. The maximum atomic E-state index is 12.5. The van der Waals surface area contributed by atoms with E-state index in [1.807, 2.05) is 17.5 Å². The van der Waals surface area contributed by atoms with E-state index in [1.54, 1.807) is 30.6 Å². The van der Waals surface area contributed by atoms with Crippen LogP contribution in [-0.4, -0.2) is 13.4 Å². The number of sulfonamides is 1. The molecule has 0 saturated carbocycles. The van der Waals surface area contributed by atoms with Gasteiger partial charge < -0.3 is 0 Å². The SMILES string of the molecule is O=S(=O)(NCc1sccc1Br)c1cccc2cnccc12.